The highest BCUT2D eigenvalue weighted by Gasteiger charge is 2.17. The number of nitro groups is 1. The van der Waals surface area contributed by atoms with Crippen LogP contribution in [0.15, 0.2) is 40.9 Å². The number of anilines is 1. The molecule has 0 bridgehead atoms. The fourth-order valence-corrected chi connectivity index (χ4v) is 2.65. The van der Waals surface area contributed by atoms with E-state index >= 15 is 0 Å². The number of hydrogen-bond acceptors (Lipinski definition) is 5. The lowest BCUT2D eigenvalue weighted by Gasteiger charge is -2.15. The Kier molecular flexibility index (Phi) is 6.81. The molecule has 142 valence electrons. The lowest BCUT2D eigenvalue weighted by molar-refractivity contribution is -0.384. The summed E-state index contributed by atoms with van der Waals surface area (Å²) >= 11 is 8.30. The summed E-state index contributed by atoms with van der Waals surface area (Å²) < 4.78 is 20.1. The van der Waals surface area contributed by atoms with E-state index in [2.05, 4.69) is 26.6 Å². The molecule has 2 aromatic rings. The maximum absolute atomic E-state index is 13.8. The molecule has 0 atom stereocenters. The Balaban J connectivity index is 2.17. The second-order valence-electron chi connectivity index (χ2n) is 5.64. The van der Waals surface area contributed by atoms with Gasteiger partial charge in [0.25, 0.3) is 11.6 Å². The lowest BCUT2D eigenvalue weighted by atomic mass is 10.2. The topological polar surface area (TPSA) is 93.5 Å². The number of ether oxygens (including phenoxy) is 1. The molecule has 2 N–H and O–H groups in total. The molecule has 0 aliphatic carbocycles. The maximum atomic E-state index is 13.8. The molecule has 0 aromatic heterocycles. The third-order valence-electron chi connectivity index (χ3n) is 3.18. The summed E-state index contributed by atoms with van der Waals surface area (Å²) in [5.41, 5.74) is -0.309. The van der Waals surface area contributed by atoms with E-state index in [1.54, 1.807) is 18.2 Å². The number of amides is 1. The van der Waals surface area contributed by atoms with Gasteiger partial charge in [-0.3, -0.25) is 20.2 Å². The maximum Gasteiger partial charge on any atom is 0.271 e. The quantitative estimate of drug-likeness (QED) is 0.393. The first-order chi connectivity index (χ1) is 12.7. The highest BCUT2D eigenvalue weighted by Crippen LogP contribution is 2.25. The largest absolute Gasteiger partial charge is 0.490 e. The van der Waals surface area contributed by atoms with Crippen LogP contribution >= 0.6 is 28.1 Å². The van der Waals surface area contributed by atoms with Crippen LogP contribution in [0.2, 0.25) is 0 Å². The second-order valence-corrected chi connectivity index (χ2v) is 6.96. The molecule has 0 aliphatic rings. The van der Waals surface area contributed by atoms with Crippen LogP contribution in [0.5, 0.6) is 5.75 Å². The van der Waals surface area contributed by atoms with E-state index in [1.807, 2.05) is 13.8 Å². The van der Waals surface area contributed by atoms with Crippen molar-refractivity contribution < 1.29 is 18.8 Å². The monoisotopic (exact) mass is 455 g/mol. The van der Waals surface area contributed by atoms with Gasteiger partial charge in [-0.15, -0.1) is 0 Å². The Morgan fingerprint density at radius 3 is 2.63 bits per heavy atom. The Bertz CT molecular complexity index is 908. The molecule has 2 aromatic carbocycles. The third kappa shape index (κ3) is 5.69. The van der Waals surface area contributed by atoms with E-state index in [9.17, 15) is 19.3 Å². The molecule has 0 unspecified atom stereocenters. The normalized spacial score (nSPS) is 10.4. The third-order valence-corrected chi connectivity index (χ3v) is 3.88. The second kappa shape index (κ2) is 8.87. The molecule has 0 aliphatic heterocycles. The number of nitrogens with zero attached hydrogens (tertiary/aromatic N) is 1. The SMILES string of the molecule is CC(C)Oc1ccc(Br)cc1C(=O)NC(=S)Nc1cc([N+](=O)[O-])ccc1F. The number of rotatable bonds is 5. The Hall–Kier alpha value is -2.59. The average molecular weight is 456 g/mol. The number of carbonyl (C=O) groups is 1. The van der Waals surface area contributed by atoms with Gasteiger partial charge in [-0.25, -0.2) is 4.39 Å². The zero-order valence-corrected chi connectivity index (χ0v) is 16.7. The van der Waals surface area contributed by atoms with Crippen molar-refractivity contribution in [1.82, 2.24) is 5.32 Å². The van der Waals surface area contributed by atoms with Crippen LogP contribution in [0, 0.1) is 15.9 Å². The smallest absolute Gasteiger partial charge is 0.271 e. The van der Waals surface area contributed by atoms with Gasteiger partial charge in [-0.1, -0.05) is 15.9 Å². The van der Waals surface area contributed by atoms with E-state index < -0.39 is 16.6 Å². The fourth-order valence-electron chi connectivity index (χ4n) is 2.08. The highest BCUT2D eigenvalue weighted by atomic mass is 79.9. The van der Waals surface area contributed by atoms with E-state index in [1.165, 1.54) is 0 Å². The minimum absolute atomic E-state index is 0.151. The van der Waals surface area contributed by atoms with Crippen LogP contribution in [0.1, 0.15) is 24.2 Å². The highest BCUT2D eigenvalue weighted by molar-refractivity contribution is 9.10. The molecule has 2 rings (SSSR count). The van der Waals surface area contributed by atoms with Gasteiger partial charge in [0, 0.05) is 16.6 Å². The standard InChI is InChI=1S/C17H15BrFN3O4S/c1-9(2)26-15-6-3-10(18)7-12(15)16(23)21-17(27)20-14-8-11(22(24)25)4-5-13(14)19/h3-9H,1-2H3,(H2,20,21,23,27). The summed E-state index contributed by atoms with van der Waals surface area (Å²) in [6.45, 7) is 3.64. The van der Waals surface area contributed by atoms with Crippen LogP contribution in [0.3, 0.4) is 0 Å². The first kappa shape index (κ1) is 20.7. The van der Waals surface area contributed by atoms with Gasteiger partial charge in [-0.05, 0) is 50.3 Å². The number of thiocarbonyl (C=S) groups is 1. The average Bonchev–Trinajstić information content (AvgIpc) is 2.57. The predicted molar refractivity (Wildman–Crippen MR) is 107 cm³/mol. The van der Waals surface area contributed by atoms with Crippen LogP contribution in [0.4, 0.5) is 15.8 Å². The first-order valence-electron chi connectivity index (χ1n) is 7.70. The van der Waals surface area contributed by atoms with E-state index in [0.717, 1.165) is 18.2 Å². The Morgan fingerprint density at radius 1 is 1.30 bits per heavy atom. The summed E-state index contributed by atoms with van der Waals surface area (Å²) in [5, 5.41) is 15.4. The Morgan fingerprint density at radius 2 is 2.00 bits per heavy atom. The lowest BCUT2D eigenvalue weighted by Crippen LogP contribution is -2.34. The minimum Gasteiger partial charge on any atom is -0.490 e. The van der Waals surface area contributed by atoms with Gasteiger partial charge < -0.3 is 10.1 Å². The summed E-state index contributed by atoms with van der Waals surface area (Å²) in [6, 6.07) is 7.87. The van der Waals surface area contributed by atoms with Gasteiger partial charge >= 0.3 is 0 Å². The van der Waals surface area contributed by atoms with Crippen molar-refractivity contribution >= 4 is 50.5 Å². The van der Waals surface area contributed by atoms with Crippen molar-refractivity contribution in [3.8, 4) is 5.75 Å². The summed E-state index contributed by atoms with van der Waals surface area (Å²) in [4.78, 5) is 22.7. The zero-order valence-electron chi connectivity index (χ0n) is 14.3. The molecular formula is C17H15BrFN3O4S. The molecular weight excluding hydrogens is 441 g/mol. The predicted octanol–water partition coefficient (Wildman–Crippen LogP) is 4.41. The van der Waals surface area contributed by atoms with Crippen molar-refractivity contribution in [2.75, 3.05) is 5.32 Å². The molecule has 10 heteroatoms. The van der Waals surface area contributed by atoms with Crippen molar-refractivity contribution in [1.29, 1.82) is 0 Å². The number of non-ortho nitro benzene ring substituents is 1. The van der Waals surface area contributed by atoms with Crippen LogP contribution in [0.25, 0.3) is 0 Å². The van der Waals surface area contributed by atoms with Crippen molar-refractivity contribution in [3.05, 3.63) is 62.4 Å². The van der Waals surface area contributed by atoms with Gasteiger partial charge in [0.1, 0.15) is 11.6 Å². The number of nitro benzene ring substituents is 1. The zero-order chi connectivity index (χ0) is 20.1. The van der Waals surface area contributed by atoms with Gasteiger partial charge in [-0.2, -0.15) is 0 Å². The van der Waals surface area contributed by atoms with Crippen LogP contribution in [-0.4, -0.2) is 22.0 Å². The first-order valence-corrected chi connectivity index (χ1v) is 8.90. The number of halogens is 2. The molecule has 27 heavy (non-hydrogen) atoms. The van der Waals surface area contributed by atoms with Crippen molar-refractivity contribution in [3.63, 3.8) is 0 Å². The number of benzene rings is 2. The molecule has 0 heterocycles. The van der Waals surface area contributed by atoms with Crippen molar-refractivity contribution in [2.24, 2.45) is 0 Å². The molecule has 0 saturated heterocycles. The van der Waals surface area contributed by atoms with Gasteiger partial charge in [0.2, 0.25) is 0 Å². The molecule has 0 spiro atoms. The van der Waals surface area contributed by atoms with Crippen LogP contribution in [-0.2, 0) is 0 Å². The molecule has 7 nitrogen and oxygen atoms in total. The number of carbonyl (C=O) groups excluding carboxylic acids is 1. The summed E-state index contributed by atoms with van der Waals surface area (Å²) in [7, 11) is 0. The fraction of sp³-hybridized carbons (Fsp3) is 0.176. The van der Waals surface area contributed by atoms with E-state index in [-0.39, 0.29) is 28.2 Å². The van der Waals surface area contributed by atoms with E-state index in [4.69, 9.17) is 17.0 Å². The number of hydrogen-bond donors (Lipinski definition) is 2. The summed E-state index contributed by atoms with van der Waals surface area (Å²) in [6.07, 6.45) is -0.151. The summed E-state index contributed by atoms with van der Waals surface area (Å²) in [5.74, 6) is -0.964. The van der Waals surface area contributed by atoms with E-state index in [0.29, 0.717) is 10.2 Å². The molecule has 0 saturated carbocycles. The van der Waals surface area contributed by atoms with Crippen molar-refractivity contribution in [2.45, 2.75) is 20.0 Å². The molecule has 0 radical (unpaired) electrons. The Labute approximate surface area is 168 Å². The van der Waals surface area contributed by atoms with Gasteiger partial charge in [0.15, 0.2) is 5.11 Å². The molecule has 1 amide bonds. The number of nitrogens with one attached hydrogen (secondary N) is 2. The van der Waals surface area contributed by atoms with Crippen LogP contribution < -0.4 is 15.4 Å². The minimum atomic E-state index is -0.747. The van der Waals surface area contributed by atoms with Gasteiger partial charge in [0.05, 0.1) is 22.3 Å². The molecule has 0 fully saturated rings.